The molecule has 1 amide bonds. The summed E-state index contributed by atoms with van der Waals surface area (Å²) in [6.45, 7) is 1.50. The van der Waals surface area contributed by atoms with E-state index in [9.17, 15) is 4.79 Å². The minimum atomic E-state index is 0.0870. The molecule has 2 aromatic carbocycles. The zero-order valence-corrected chi connectivity index (χ0v) is 17.4. The highest BCUT2D eigenvalue weighted by atomic mass is 16.5. The largest absolute Gasteiger partial charge is 0.496 e. The number of hydrogen-bond donors (Lipinski definition) is 0. The quantitative estimate of drug-likeness (QED) is 0.498. The maximum Gasteiger partial charge on any atom is 0.253 e. The number of piperidine rings is 1. The van der Waals surface area contributed by atoms with Crippen LogP contribution in [-0.4, -0.2) is 45.6 Å². The predicted octanol–water partition coefficient (Wildman–Crippen LogP) is 4.42. The Hall–Kier alpha value is -3.67. The number of aromatic nitrogens is 3. The summed E-state index contributed by atoms with van der Waals surface area (Å²) < 4.78 is 7.33. The van der Waals surface area contributed by atoms with Gasteiger partial charge >= 0.3 is 0 Å². The summed E-state index contributed by atoms with van der Waals surface area (Å²) in [4.78, 5) is 19.2. The number of likely N-dealkylation sites (tertiary alicyclic amines) is 1. The number of amides is 1. The second-order valence-electron chi connectivity index (χ2n) is 7.83. The van der Waals surface area contributed by atoms with E-state index in [0.717, 1.165) is 48.6 Å². The first-order chi connectivity index (χ1) is 15.2. The number of pyridine rings is 1. The minimum absolute atomic E-state index is 0.0870. The van der Waals surface area contributed by atoms with Crippen LogP contribution in [0.15, 0.2) is 73.1 Å². The normalized spacial score (nSPS) is 14.7. The number of benzene rings is 2. The van der Waals surface area contributed by atoms with Gasteiger partial charge in [0.1, 0.15) is 12.1 Å². The van der Waals surface area contributed by atoms with Crippen LogP contribution in [0.1, 0.15) is 34.7 Å². The van der Waals surface area contributed by atoms with Gasteiger partial charge in [-0.3, -0.25) is 4.79 Å². The van der Waals surface area contributed by atoms with Crippen LogP contribution in [0.5, 0.6) is 5.75 Å². The number of hydrogen-bond acceptors (Lipinski definition) is 4. The molecular formula is C25H24N4O2. The SMILES string of the molecule is COc1ccccc1C1CCN(C(=O)c2ccc(-c3cccc4ncnn34)cc2)CC1. The van der Waals surface area contributed by atoms with Gasteiger partial charge in [-0.05, 0) is 54.7 Å². The number of rotatable bonds is 4. The van der Waals surface area contributed by atoms with Gasteiger partial charge in [0, 0.05) is 24.2 Å². The van der Waals surface area contributed by atoms with Gasteiger partial charge in [-0.1, -0.05) is 36.4 Å². The molecule has 0 saturated carbocycles. The first kappa shape index (κ1) is 19.3. The summed E-state index contributed by atoms with van der Waals surface area (Å²) in [6, 6.07) is 21.8. The molecule has 0 unspecified atom stereocenters. The monoisotopic (exact) mass is 412 g/mol. The van der Waals surface area contributed by atoms with Crippen LogP contribution >= 0.6 is 0 Å². The van der Waals surface area contributed by atoms with Crippen molar-refractivity contribution in [1.82, 2.24) is 19.5 Å². The lowest BCUT2D eigenvalue weighted by Crippen LogP contribution is -2.37. The molecule has 0 atom stereocenters. The second kappa shape index (κ2) is 8.22. The van der Waals surface area contributed by atoms with E-state index < -0.39 is 0 Å². The van der Waals surface area contributed by atoms with Crippen molar-refractivity contribution in [2.75, 3.05) is 20.2 Å². The summed E-state index contributed by atoms with van der Waals surface area (Å²) in [5.41, 5.74) is 4.71. The fraction of sp³-hybridized carbons (Fsp3) is 0.240. The van der Waals surface area contributed by atoms with Crippen LogP contribution in [-0.2, 0) is 0 Å². The third kappa shape index (κ3) is 3.65. The smallest absolute Gasteiger partial charge is 0.253 e. The van der Waals surface area contributed by atoms with Crippen LogP contribution in [0.4, 0.5) is 0 Å². The molecule has 0 bridgehead atoms. The third-order valence-electron chi connectivity index (χ3n) is 6.09. The molecule has 2 aromatic heterocycles. The van der Waals surface area contributed by atoms with Crippen molar-refractivity contribution >= 4 is 11.6 Å². The Kier molecular flexibility index (Phi) is 5.12. The van der Waals surface area contributed by atoms with E-state index in [0.29, 0.717) is 11.5 Å². The number of fused-ring (bicyclic) bond motifs is 1. The number of carbonyl (C=O) groups excluding carboxylic acids is 1. The molecule has 31 heavy (non-hydrogen) atoms. The van der Waals surface area contributed by atoms with Gasteiger partial charge in [-0.15, -0.1) is 0 Å². The summed E-state index contributed by atoms with van der Waals surface area (Å²) in [5, 5.41) is 4.29. The van der Waals surface area contributed by atoms with Gasteiger partial charge in [0.05, 0.1) is 12.8 Å². The van der Waals surface area contributed by atoms with Crippen molar-refractivity contribution in [2.45, 2.75) is 18.8 Å². The van der Waals surface area contributed by atoms with Gasteiger partial charge in [-0.25, -0.2) is 9.50 Å². The summed E-state index contributed by atoms with van der Waals surface area (Å²) >= 11 is 0. The van der Waals surface area contributed by atoms with Crippen molar-refractivity contribution in [3.63, 3.8) is 0 Å². The van der Waals surface area contributed by atoms with Crippen molar-refractivity contribution < 1.29 is 9.53 Å². The molecule has 1 aliphatic heterocycles. The van der Waals surface area contributed by atoms with E-state index >= 15 is 0 Å². The van der Waals surface area contributed by atoms with E-state index in [2.05, 4.69) is 22.2 Å². The second-order valence-corrected chi connectivity index (χ2v) is 7.83. The van der Waals surface area contributed by atoms with Gasteiger partial charge in [0.2, 0.25) is 0 Å². The van der Waals surface area contributed by atoms with Crippen molar-refractivity contribution in [2.24, 2.45) is 0 Å². The van der Waals surface area contributed by atoms with E-state index in [1.165, 1.54) is 5.56 Å². The number of methoxy groups -OCH3 is 1. The Balaban J connectivity index is 1.29. The molecule has 1 saturated heterocycles. The third-order valence-corrected chi connectivity index (χ3v) is 6.09. The molecule has 0 spiro atoms. The number of para-hydroxylation sites is 1. The highest BCUT2D eigenvalue weighted by Crippen LogP contribution is 2.34. The summed E-state index contributed by atoms with van der Waals surface area (Å²) in [5.74, 6) is 1.44. The average Bonchev–Trinajstić information content (AvgIpc) is 3.33. The molecule has 1 fully saturated rings. The number of ether oxygens (including phenoxy) is 1. The van der Waals surface area contributed by atoms with Crippen molar-refractivity contribution in [3.8, 4) is 17.0 Å². The highest BCUT2D eigenvalue weighted by Gasteiger charge is 2.26. The molecule has 0 radical (unpaired) electrons. The minimum Gasteiger partial charge on any atom is -0.496 e. The van der Waals surface area contributed by atoms with Crippen LogP contribution in [0.25, 0.3) is 16.9 Å². The molecule has 4 aromatic rings. The summed E-state index contributed by atoms with van der Waals surface area (Å²) in [6.07, 6.45) is 3.43. The van der Waals surface area contributed by atoms with E-state index in [4.69, 9.17) is 4.74 Å². The zero-order valence-electron chi connectivity index (χ0n) is 17.4. The Morgan fingerprint density at radius 1 is 0.968 bits per heavy atom. The van der Waals surface area contributed by atoms with E-state index in [1.54, 1.807) is 18.0 Å². The topological polar surface area (TPSA) is 59.7 Å². The van der Waals surface area contributed by atoms with E-state index in [-0.39, 0.29) is 5.91 Å². The molecule has 156 valence electrons. The fourth-order valence-corrected chi connectivity index (χ4v) is 4.43. The maximum absolute atomic E-state index is 13.1. The lowest BCUT2D eigenvalue weighted by atomic mass is 9.88. The molecule has 0 aliphatic carbocycles. The van der Waals surface area contributed by atoms with Gasteiger partial charge in [0.15, 0.2) is 5.65 Å². The Morgan fingerprint density at radius 3 is 2.52 bits per heavy atom. The molecule has 5 rings (SSSR count). The average molecular weight is 412 g/mol. The lowest BCUT2D eigenvalue weighted by Gasteiger charge is -2.32. The Morgan fingerprint density at radius 2 is 1.74 bits per heavy atom. The lowest BCUT2D eigenvalue weighted by molar-refractivity contribution is 0.0712. The molecule has 1 aliphatic rings. The first-order valence-corrected chi connectivity index (χ1v) is 10.6. The van der Waals surface area contributed by atoms with Crippen molar-refractivity contribution in [1.29, 1.82) is 0 Å². The van der Waals surface area contributed by atoms with Gasteiger partial charge in [-0.2, -0.15) is 5.10 Å². The number of carbonyl (C=O) groups is 1. The van der Waals surface area contributed by atoms with Gasteiger partial charge in [0.25, 0.3) is 5.91 Å². The molecule has 6 nitrogen and oxygen atoms in total. The predicted molar refractivity (Wildman–Crippen MR) is 119 cm³/mol. The van der Waals surface area contributed by atoms with Crippen LogP contribution in [0.2, 0.25) is 0 Å². The molecule has 0 N–H and O–H groups in total. The Labute approximate surface area is 181 Å². The van der Waals surface area contributed by atoms with Crippen molar-refractivity contribution in [3.05, 3.63) is 84.2 Å². The molecule has 3 heterocycles. The zero-order chi connectivity index (χ0) is 21.2. The van der Waals surface area contributed by atoms with Crippen LogP contribution in [0.3, 0.4) is 0 Å². The fourth-order valence-electron chi connectivity index (χ4n) is 4.43. The number of nitrogens with zero attached hydrogens (tertiary/aromatic N) is 4. The maximum atomic E-state index is 13.1. The van der Waals surface area contributed by atoms with E-state index in [1.807, 2.05) is 59.5 Å². The Bertz CT molecular complexity index is 1210. The molecule has 6 heteroatoms. The molecular weight excluding hydrogens is 388 g/mol. The van der Waals surface area contributed by atoms with Gasteiger partial charge < -0.3 is 9.64 Å². The highest BCUT2D eigenvalue weighted by molar-refractivity contribution is 5.94. The standard InChI is InChI=1S/C25H24N4O2/c1-31-23-7-3-2-5-21(23)18-13-15-28(16-14-18)25(30)20-11-9-19(10-12-20)22-6-4-8-24-26-17-27-29(22)24/h2-12,17-18H,13-16H2,1H3. The first-order valence-electron chi connectivity index (χ1n) is 10.6. The summed E-state index contributed by atoms with van der Waals surface area (Å²) in [7, 11) is 1.71. The van der Waals surface area contributed by atoms with Crippen LogP contribution in [0, 0.1) is 0 Å². The van der Waals surface area contributed by atoms with Crippen LogP contribution < -0.4 is 4.74 Å².